The molecule has 1 aliphatic carbocycles. The summed E-state index contributed by atoms with van der Waals surface area (Å²) in [6.45, 7) is 2.73. The summed E-state index contributed by atoms with van der Waals surface area (Å²) in [6, 6.07) is 15.8. The van der Waals surface area contributed by atoms with E-state index < -0.39 is 0 Å². The first-order valence-corrected chi connectivity index (χ1v) is 13.7. The van der Waals surface area contributed by atoms with Crippen molar-refractivity contribution in [2.24, 2.45) is 0 Å². The van der Waals surface area contributed by atoms with E-state index in [0.717, 1.165) is 39.1 Å². The van der Waals surface area contributed by atoms with E-state index in [0.29, 0.717) is 11.4 Å². The second-order valence-corrected chi connectivity index (χ2v) is 11.2. The van der Waals surface area contributed by atoms with Gasteiger partial charge in [-0.25, -0.2) is 0 Å². The number of anilines is 1. The first kappa shape index (κ1) is 24.0. The third-order valence-electron chi connectivity index (χ3n) is 6.16. The van der Waals surface area contributed by atoms with Crippen LogP contribution < -0.4 is 10.2 Å². The van der Waals surface area contributed by atoms with Gasteiger partial charge in [-0.3, -0.25) is 14.5 Å². The predicted molar refractivity (Wildman–Crippen MR) is 141 cm³/mol. The van der Waals surface area contributed by atoms with E-state index in [2.05, 4.69) is 17.1 Å². The van der Waals surface area contributed by atoms with Crippen LogP contribution >= 0.6 is 23.5 Å². The van der Waals surface area contributed by atoms with E-state index >= 15 is 0 Å². The van der Waals surface area contributed by atoms with Crippen molar-refractivity contribution in [3.63, 3.8) is 0 Å². The Morgan fingerprint density at radius 1 is 1.12 bits per heavy atom. The van der Waals surface area contributed by atoms with E-state index in [-0.39, 0.29) is 18.4 Å². The van der Waals surface area contributed by atoms with Gasteiger partial charge in [-0.05, 0) is 61.3 Å². The van der Waals surface area contributed by atoms with E-state index in [1.54, 1.807) is 4.90 Å². The van der Waals surface area contributed by atoms with Crippen molar-refractivity contribution in [3.05, 3.63) is 64.6 Å². The van der Waals surface area contributed by atoms with Gasteiger partial charge in [0.2, 0.25) is 5.91 Å². The number of hydrogen-bond acceptors (Lipinski definition) is 4. The van der Waals surface area contributed by atoms with Gasteiger partial charge in [0.05, 0.1) is 10.6 Å². The number of hydrogen-bond donors (Lipinski definition) is 1. The number of para-hydroxylation sites is 1. The highest BCUT2D eigenvalue weighted by molar-refractivity contribution is 8.04. The molecule has 4 rings (SSSR count). The van der Waals surface area contributed by atoms with Gasteiger partial charge in [0, 0.05) is 16.7 Å². The summed E-state index contributed by atoms with van der Waals surface area (Å²) in [5.41, 5.74) is 2.94. The second-order valence-electron chi connectivity index (χ2n) is 8.66. The molecule has 2 aromatic carbocycles. The number of fused-ring (bicyclic) bond motifs is 1. The van der Waals surface area contributed by atoms with Crippen LogP contribution in [-0.2, 0) is 9.59 Å². The number of nitrogens with zero attached hydrogens (tertiary/aromatic N) is 1. The molecule has 0 aromatic heterocycles. The van der Waals surface area contributed by atoms with E-state index in [1.807, 2.05) is 61.5 Å². The molecule has 1 heterocycles. The van der Waals surface area contributed by atoms with Crippen LogP contribution in [0.3, 0.4) is 0 Å². The van der Waals surface area contributed by atoms with Crippen molar-refractivity contribution in [2.45, 2.75) is 55.6 Å². The Kier molecular flexibility index (Phi) is 8.57. The maximum atomic E-state index is 13.3. The summed E-state index contributed by atoms with van der Waals surface area (Å²) in [4.78, 5) is 29.3. The average Bonchev–Trinajstić information content (AvgIpc) is 2.83. The highest BCUT2D eigenvalue weighted by Gasteiger charge is 2.30. The Balaban J connectivity index is 1.36. The maximum Gasteiger partial charge on any atom is 0.265 e. The fraction of sp³-hybridized carbons (Fsp3) is 0.407. The van der Waals surface area contributed by atoms with Crippen LogP contribution in [0.2, 0.25) is 0 Å². The number of amides is 2. The third kappa shape index (κ3) is 6.45. The minimum atomic E-state index is -0.120. The maximum absolute atomic E-state index is 13.3. The van der Waals surface area contributed by atoms with E-state index in [9.17, 15) is 9.59 Å². The minimum absolute atomic E-state index is 0.0390. The Bertz CT molecular complexity index is 1010. The number of thioether (sulfide) groups is 2. The Morgan fingerprint density at radius 3 is 2.70 bits per heavy atom. The lowest BCUT2D eigenvalue weighted by Gasteiger charge is -2.30. The van der Waals surface area contributed by atoms with Gasteiger partial charge < -0.3 is 5.32 Å². The van der Waals surface area contributed by atoms with Gasteiger partial charge in [-0.1, -0.05) is 67.4 Å². The van der Waals surface area contributed by atoms with Crippen LogP contribution in [0.4, 0.5) is 5.69 Å². The minimum Gasteiger partial charge on any atom is -0.355 e. The van der Waals surface area contributed by atoms with Crippen LogP contribution in [0.1, 0.15) is 49.7 Å². The molecule has 1 fully saturated rings. The second kappa shape index (κ2) is 11.8. The van der Waals surface area contributed by atoms with Crippen molar-refractivity contribution in [3.8, 4) is 0 Å². The molecule has 1 aliphatic heterocycles. The predicted octanol–water partition coefficient (Wildman–Crippen LogP) is 6.05. The lowest BCUT2D eigenvalue weighted by molar-refractivity contribution is -0.122. The summed E-state index contributed by atoms with van der Waals surface area (Å²) in [5.74, 6) is 0.851. The SMILES string of the molecule is Cc1ccccc1C=C1Sc2ccccc2N(CC(=O)NCCCSC2CCCCC2)C1=O. The largest absolute Gasteiger partial charge is 0.355 e. The van der Waals surface area contributed by atoms with Crippen LogP contribution in [-0.4, -0.2) is 35.9 Å². The van der Waals surface area contributed by atoms with Crippen LogP contribution in [0.5, 0.6) is 0 Å². The number of carbonyl (C=O) groups excluding carboxylic acids is 2. The summed E-state index contributed by atoms with van der Waals surface area (Å²) >= 11 is 3.52. The Morgan fingerprint density at radius 2 is 1.88 bits per heavy atom. The van der Waals surface area contributed by atoms with E-state index in [1.165, 1.54) is 43.9 Å². The number of nitrogens with one attached hydrogen (secondary N) is 1. The number of carbonyl (C=O) groups is 2. The molecule has 0 bridgehead atoms. The third-order valence-corrected chi connectivity index (χ3v) is 8.70. The molecule has 0 unspecified atom stereocenters. The number of rotatable bonds is 8. The average molecular weight is 481 g/mol. The van der Waals surface area contributed by atoms with Crippen LogP contribution in [0.15, 0.2) is 58.3 Å². The zero-order chi connectivity index (χ0) is 23.0. The highest BCUT2D eigenvalue weighted by atomic mass is 32.2. The molecule has 4 nitrogen and oxygen atoms in total. The molecule has 0 radical (unpaired) electrons. The summed E-state index contributed by atoms with van der Waals surface area (Å²) in [5, 5.41) is 3.82. The Hall–Kier alpha value is -2.18. The molecule has 0 saturated heterocycles. The molecule has 2 aromatic rings. The van der Waals surface area contributed by atoms with Crippen molar-refractivity contribution in [2.75, 3.05) is 23.7 Å². The molecule has 174 valence electrons. The fourth-order valence-corrected chi connectivity index (χ4v) is 6.65. The first-order valence-electron chi connectivity index (χ1n) is 11.9. The zero-order valence-corrected chi connectivity index (χ0v) is 20.9. The van der Waals surface area contributed by atoms with E-state index in [4.69, 9.17) is 0 Å². The molecular weight excluding hydrogens is 448 g/mol. The van der Waals surface area contributed by atoms with Gasteiger partial charge >= 0.3 is 0 Å². The molecular formula is C27H32N2O2S2. The molecule has 2 aliphatic rings. The van der Waals surface area contributed by atoms with Gasteiger partial charge in [-0.2, -0.15) is 11.8 Å². The highest BCUT2D eigenvalue weighted by Crippen LogP contribution is 2.42. The molecule has 1 N–H and O–H groups in total. The normalized spacial score (nSPS) is 17.8. The zero-order valence-electron chi connectivity index (χ0n) is 19.2. The lowest BCUT2D eigenvalue weighted by Crippen LogP contribution is -2.43. The standard InChI is InChI=1S/C27H32N2O2S2/c1-20-10-5-6-11-21(20)18-25-27(31)29(23-14-7-8-15-24(23)33-25)19-26(30)28-16-9-17-32-22-12-3-2-4-13-22/h5-8,10-11,14-15,18,22H,2-4,9,12-13,16-17,19H2,1H3,(H,28,30). The summed E-state index contributed by atoms with van der Waals surface area (Å²) in [7, 11) is 0. The summed E-state index contributed by atoms with van der Waals surface area (Å²) in [6.07, 6.45) is 9.67. The lowest BCUT2D eigenvalue weighted by atomic mass is 10.0. The van der Waals surface area contributed by atoms with Crippen LogP contribution in [0.25, 0.3) is 6.08 Å². The fourth-order valence-electron chi connectivity index (χ4n) is 4.29. The number of benzene rings is 2. The molecule has 0 spiro atoms. The molecule has 1 saturated carbocycles. The van der Waals surface area contributed by atoms with Gasteiger partial charge in [0.25, 0.3) is 5.91 Å². The quantitative estimate of drug-likeness (QED) is 0.369. The smallest absolute Gasteiger partial charge is 0.265 e. The van der Waals surface area contributed by atoms with Crippen molar-refractivity contribution >= 4 is 47.1 Å². The summed E-state index contributed by atoms with van der Waals surface area (Å²) < 4.78 is 0. The van der Waals surface area contributed by atoms with Crippen molar-refractivity contribution in [1.29, 1.82) is 0 Å². The molecule has 6 heteroatoms. The van der Waals surface area contributed by atoms with Crippen LogP contribution in [0, 0.1) is 6.92 Å². The Labute approximate surface area is 205 Å². The van der Waals surface area contributed by atoms with Gasteiger partial charge in [0.1, 0.15) is 6.54 Å². The number of aryl methyl sites for hydroxylation is 1. The first-order chi connectivity index (χ1) is 16.1. The topological polar surface area (TPSA) is 49.4 Å². The van der Waals surface area contributed by atoms with Gasteiger partial charge in [0.15, 0.2) is 0 Å². The van der Waals surface area contributed by atoms with Crippen molar-refractivity contribution in [1.82, 2.24) is 5.32 Å². The van der Waals surface area contributed by atoms with Gasteiger partial charge in [-0.15, -0.1) is 0 Å². The van der Waals surface area contributed by atoms with Crippen molar-refractivity contribution < 1.29 is 9.59 Å². The molecule has 33 heavy (non-hydrogen) atoms. The molecule has 0 atom stereocenters. The molecule has 2 amide bonds. The monoisotopic (exact) mass is 480 g/mol.